The lowest BCUT2D eigenvalue weighted by Gasteiger charge is -2.13. The molecule has 0 atom stereocenters. The van der Waals surface area contributed by atoms with Crippen molar-refractivity contribution in [3.05, 3.63) is 59.5 Å². The first-order valence-corrected chi connectivity index (χ1v) is 8.68. The van der Waals surface area contributed by atoms with Gasteiger partial charge in [0, 0.05) is 16.6 Å². The Morgan fingerprint density at radius 3 is 2.75 bits per heavy atom. The van der Waals surface area contributed by atoms with Crippen molar-refractivity contribution in [1.82, 2.24) is 4.98 Å². The number of sulfonamides is 1. The summed E-state index contributed by atoms with van der Waals surface area (Å²) < 4.78 is 46.9. The number of nitrogens with zero attached hydrogens (tertiary/aromatic N) is 1. The molecule has 5 nitrogen and oxygen atoms in total. The van der Waals surface area contributed by atoms with Crippen LogP contribution in [0.2, 0.25) is 5.02 Å². The molecule has 1 aromatic heterocycles. The molecular weight excluding hydrogens is 355 g/mol. The van der Waals surface area contributed by atoms with E-state index >= 15 is 0 Å². The van der Waals surface area contributed by atoms with E-state index in [1.807, 2.05) is 0 Å². The minimum Gasteiger partial charge on any atom is -0.495 e. The zero-order valence-electron chi connectivity index (χ0n) is 12.5. The van der Waals surface area contributed by atoms with Crippen LogP contribution in [0.4, 0.5) is 10.1 Å². The van der Waals surface area contributed by atoms with Gasteiger partial charge in [0.2, 0.25) is 0 Å². The van der Waals surface area contributed by atoms with Crippen molar-refractivity contribution in [2.45, 2.75) is 4.90 Å². The second-order valence-corrected chi connectivity index (χ2v) is 6.98. The molecule has 0 saturated heterocycles. The highest BCUT2D eigenvalue weighted by Gasteiger charge is 2.21. The molecule has 124 valence electrons. The van der Waals surface area contributed by atoms with Gasteiger partial charge in [0.25, 0.3) is 10.0 Å². The number of ether oxygens (including phenoxy) is 1. The lowest BCUT2D eigenvalue weighted by atomic mass is 10.2. The average molecular weight is 367 g/mol. The molecule has 24 heavy (non-hydrogen) atoms. The highest BCUT2D eigenvalue weighted by molar-refractivity contribution is 7.93. The van der Waals surface area contributed by atoms with E-state index in [-0.39, 0.29) is 21.5 Å². The van der Waals surface area contributed by atoms with Crippen molar-refractivity contribution < 1.29 is 17.5 Å². The summed E-state index contributed by atoms with van der Waals surface area (Å²) in [5.41, 5.74) is 0.171. The second kappa shape index (κ2) is 6.26. The number of halogens is 2. The molecule has 0 saturated carbocycles. The van der Waals surface area contributed by atoms with Crippen LogP contribution in [0, 0.1) is 5.82 Å². The van der Waals surface area contributed by atoms with Gasteiger partial charge in [-0.2, -0.15) is 0 Å². The average Bonchev–Trinajstić information content (AvgIpc) is 2.55. The van der Waals surface area contributed by atoms with Crippen LogP contribution in [-0.2, 0) is 10.0 Å². The summed E-state index contributed by atoms with van der Waals surface area (Å²) in [4.78, 5) is 3.81. The zero-order valence-corrected chi connectivity index (χ0v) is 14.0. The molecule has 0 aliphatic heterocycles. The van der Waals surface area contributed by atoms with Crippen molar-refractivity contribution in [1.29, 1.82) is 0 Å². The summed E-state index contributed by atoms with van der Waals surface area (Å²) in [5, 5.41) is 0.533. The highest BCUT2D eigenvalue weighted by Crippen LogP contribution is 2.31. The van der Waals surface area contributed by atoms with Crippen molar-refractivity contribution in [3.8, 4) is 5.75 Å². The van der Waals surface area contributed by atoms with Crippen molar-refractivity contribution >= 4 is 38.2 Å². The third kappa shape index (κ3) is 3.00. The van der Waals surface area contributed by atoms with Crippen LogP contribution in [0.1, 0.15) is 0 Å². The standard InChI is InChI=1S/C16H12ClFN2O3S/c1-23-14-6-4-10(17)9-13(14)20-24(21,22)15-7-5-12(18)16-11(15)3-2-8-19-16/h2-9,20H,1H3. The molecule has 1 N–H and O–H groups in total. The first-order chi connectivity index (χ1) is 11.4. The lowest BCUT2D eigenvalue weighted by molar-refractivity contribution is 0.417. The minimum atomic E-state index is -4.00. The van der Waals surface area contributed by atoms with Crippen LogP contribution >= 0.6 is 11.6 Å². The van der Waals surface area contributed by atoms with E-state index in [9.17, 15) is 12.8 Å². The number of aromatic nitrogens is 1. The Balaban J connectivity index is 2.13. The topological polar surface area (TPSA) is 68.3 Å². The third-order valence-corrected chi connectivity index (χ3v) is 5.03. The van der Waals surface area contributed by atoms with Crippen molar-refractivity contribution in [2.75, 3.05) is 11.8 Å². The first-order valence-electron chi connectivity index (χ1n) is 6.82. The number of benzene rings is 2. The van der Waals surface area contributed by atoms with Crippen molar-refractivity contribution in [2.24, 2.45) is 0 Å². The summed E-state index contributed by atoms with van der Waals surface area (Å²) in [6, 6.07) is 9.86. The molecule has 3 aromatic rings. The van der Waals surface area contributed by atoms with Crippen molar-refractivity contribution in [3.63, 3.8) is 0 Å². The fourth-order valence-electron chi connectivity index (χ4n) is 2.31. The molecule has 8 heteroatoms. The summed E-state index contributed by atoms with van der Waals surface area (Å²) in [6.45, 7) is 0. The van der Waals surface area contributed by atoms with Gasteiger partial charge in [0.05, 0.1) is 17.7 Å². The normalized spacial score (nSPS) is 11.5. The SMILES string of the molecule is COc1ccc(Cl)cc1NS(=O)(=O)c1ccc(F)c2ncccc12. The minimum absolute atomic E-state index is 0.0153. The number of anilines is 1. The van der Waals surface area contributed by atoms with Gasteiger partial charge >= 0.3 is 0 Å². The fourth-order valence-corrected chi connectivity index (χ4v) is 3.74. The summed E-state index contributed by atoms with van der Waals surface area (Å²) >= 11 is 5.91. The smallest absolute Gasteiger partial charge is 0.262 e. The molecule has 0 bridgehead atoms. The third-order valence-electron chi connectivity index (χ3n) is 3.38. The molecule has 1 heterocycles. The number of hydrogen-bond acceptors (Lipinski definition) is 4. The molecule has 2 aromatic carbocycles. The largest absolute Gasteiger partial charge is 0.495 e. The van der Waals surface area contributed by atoms with Crippen LogP contribution < -0.4 is 9.46 Å². The number of nitrogens with one attached hydrogen (secondary N) is 1. The maximum absolute atomic E-state index is 13.8. The van der Waals surface area contributed by atoms with E-state index in [0.717, 1.165) is 6.07 Å². The van der Waals surface area contributed by atoms with Gasteiger partial charge in [-0.05, 0) is 42.5 Å². The molecule has 3 rings (SSSR count). The zero-order chi connectivity index (χ0) is 17.3. The molecular formula is C16H12ClFN2O3S. The quantitative estimate of drug-likeness (QED) is 0.761. The summed E-state index contributed by atoms with van der Waals surface area (Å²) in [7, 11) is -2.59. The monoisotopic (exact) mass is 366 g/mol. The van der Waals surface area contributed by atoms with E-state index < -0.39 is 15.8 Å². The molecule has 0 fully saturated rings. The van der Waals surface area contributed by atoms with Crippen LogP contribution in [-0.4, -0.2) is 20.5 Å². The molecule has 0 aliphatic rings. The maximum Gasteiger partial charge on any atom is 0.262 e. The molecule has 0 radical (unpaired) electrons. The summed E-state index contributed by atoms with van der Waals surface area (Å²) in [6.07, 6.45) is 1.40. The van der Waals surface area contributed by atoms with E-state index in [1.54, 1.807) is 18.2 Å². The number of hydrogen-bond donors (Lipinski definition) is 1. The predicted octanol–water partition coefficient (Wildman–Crippen LogP) is 3.84. The number of pyridine rings is 1. The Kier molecular flexibility index (Phi) is 4.29. The highest BCUT2D eigenvalue weighted by atomic mass is 35.5. The van der Waals surface area contributed by atoms with Gasteiger partial charge in [-0.25, -0.2) is 12.8 Å². The fraction of sp³-hybridized carbons (Fsp3) is 0.0625. The molecule has 0 amide bonds. The van der Waals surface area contributed by atoms with E-state index in [1.165, 1.54) is 31.5 Å². The van der Waals surface area contributed by atoms with Crippen LogP contribution in [0.15, 0.2) is 53.6 Å². The van der Waals surface area contributed by atoms with Gasteiger partial charge in [0.15, 0.2) is 0 Å². The summed E-state index contributed by atoms with van der Waals surface area (Å²) in [5.74, 6) is -0.280. The predicted molar refractivity (Wildman–Crippen MR) is 90.5 cm³/mol. The molecule has 0 unspecified atom stereocenters. The van der Waals surface area contributed by atoms with E-state index in [0.29, 0.717) is 10.8 Å². The Morgan fingerprint density at radius 1 is 1.21 bits per heavy atom. The number of rotatable bonds is 4. The number of fused-ring (bicyclic) bond motifs is 1. The second-order valence-electron chi connectivity index (χ2n) is 4.90. The van der Waals surface area contributed by atoms with E-state index in [4.69, 9.17) is 16.3 Å². The Bertz CT molecular complexity index is 1030. The van der Waals surface area contributed by atoms with Gasteiger partial charge in [-0.15, -0.1) is 0 Å². The van der Waals surface area contributed by atoms with Crippen LogP contribution in [0.25, 0.3) is 10.9 Å². The first kappa shape index (κ1) is 16.5. The van der Waals surface area contributed by atoms with Gasteiger partial charge in [-0.3, -0.25) is 9.71 Å². The lowest BCUT2D eigenvalue weighted by Crippen LogP contribution is -2.14. The van der Waals surface area contributed by atoms with Gasteiger partial charge in [-0.1, -0.05) is 11.6 Å². The molecule has 0 spiro atoms. The van der Waals surface area contributed by atoms with E-state index in [2.05, 4.69) is 9.71 Å². The molecule has 0 aliphatic carbocycles. The van der Waals surface area contributed by atoms with Gasteiger partial charge < -0.3 is 4.74 Å². The Morgan fingerprint density at radius 2 is 2.00 bits per heavy atom. The number of methoxy groups -OCH3 is 1. The maximum atomic E-state index is 13.8. The Hall–Kier alpha value is -2.38. The van der Waals surface area contributed by atoms with Gasteiger partial charge in [0.1, 0.15) is 17.1 Å². The van der Waals surface area contributed by atoms with Crippen LogP contribution in [0.5, 0.6) is 5.75 Å². The Labute approximate surface area is 143 Å². The van der Waals surface area contributed by atoms with Crippen LogP contribution in [0.3, 0.4) is 0 Å².